The minimum Gasteiger partial charge on any atom is -0.0654 e. The zero-order chi connectivity index (χ0) is 42.2. The summed E-state index contributed by atoms with van der Waals surface area (Å²) in [6.07, 6.45) is 77.8. The Morgan fingerprint density at radius 3 is 0.397 bits per heavy atom. The van der Waals surface area contributed by atoms with E-state index in [1.165, 1.54) is 283 Å². The van der Waals surface area contributed by atoms with E-state index in [-0.39, 0.29) is 0 Å². The Bertz CT molecular complexity index is 625. The van der Waals surface area contributed by atoms with E-state index in [4.69, 9.17) is 0 Å². The third-order valence-electron chi connectivity index (χ3n) is 14.3. The molecule has 0 aromatic carbocycles. The molecule has 0 amide bonds. The van der Waals surface area contributed by atoms with E-state index < -0.39 is 4.25 Å². The summed E-state index contributed by atoms with van der Waals surface area (Å²) in [5, 5.41) is 0. The Kier molecular flexibility index (Phi) is 48.6. The van der Waals surface area contributed by atoms with Crippen LogP contribution in [0.2, 0.25) is 0 Å². The average Bonchev–Trinajstić information content (AvgIpc) is 3.22. The van der Waals surface area contributed by atoms with Gasteiger partial charge in [0.15, 0.2) is 0 Å². The molecule has 0 spiro atoms. The normalized spacial score (nSPS) is 12.7. The Labute approximate surface area is 384 Å². The molecule has 0 atom stereocenters. The molecule has 0 saturated heterocycles. The molecule has 0 bridgehead atoms. The van der Waals surface area contributed by atoms with Crippen LogP contribution in [0.4, 0.5) is 0 Å². The van der Waals surface area contributed by atoms with E-state index in [1.54, 1.807) is 50.3 Å². The smallest absolute Gasteiger partial charge is 0.0654 e. The van der Waals surface area contributed by atoms with Crippen LogP contribution in [0.3, 0.4) is 0 Å². The zero-order valence-electron chi connectivity index (χ0n) is 41.6. The second kappa shape index (κ2) is 47.6. The average molecular weight is 947 g/mol. The summed E-state index contributed by atoms with van der Waals surface area (Å²) in [7, 11) is 0. The second-order valence-electron chi connectivity index (χ2n) is 20.3. The van der Waals surface area contributed by atoms with Crippen molar-refractivity contribution in [3.8, 4) is 0 Å². The molecule has 0 nitrogen and oxygen atoms in total. The van der Waals surface area contributed by atoms with Crippen molar-refractivity contribution in [1.82, 2.24) is 0 Å². The van der Waals surface area contributed by atoms with Gasteiger partial charge in [0.25, 0.3) is 0 Å². The molecule has 0 aliphatic carbocycles. The molecule has 0 N–H and O–H groups in total. The minimum atomic E-state index is -1.72. The van der Waals surface area contributed by atoms with Crippen LogP contribution in [0, 0.1) is 0 Å². The van der Waals surface area contributed by atoms with E-state index >= 15 is 0 Å². The number of hydrogen-bond donors (Lipinski definition) is 0. The molecule has 0 aliphatic rings. The molecule has 0 aliphatic heterocycles. The molecule has 0 unspecified atom stereocenters. The van der Waals surface area contributed by atoms with Gasteiger partial charge in [-0.15, -0.1) is 0 Å². The number of rotatable bonds is 52. The van der Waals surface area contributed by atoms with E-state index in [2.05, 4.69) is 49.7 Å². The number of unbranched alkanes of at least 4 members (excludes halogenated alkanes) is 44. The van der Waals surface area contributed by atoms with E-state index in [0.29, 0.717) is 0 Å². The zero-order valence-corrected chi connectivity index (χ0v) is 44.6. The topological polar surface area (TPSA) is 0 Å². The fourth-order valence-electron chi connectivity index (χ4n) is 10.1. The molecular formula is C56H116IP. The summed E-state index contributed by atoms with van der Waals surface area (Å²) in [5.74, 6) is 0. The van der Waals surface area contributed by atoms with E-state index in [9.17, 15) is 0 Å². The first kappa shape index (κ1) is 59.2. The van der Waals surface area contributed by atoms with Crippen LogP contribution >= 0.6 is 26.3 Å². The van der Waals surface area contributed by atoms with E-state index in [1.807, 2.05) is 0 Å². The maximum absolute atomic E-state index is 3.31. The molecule has 0 heterocycles. The van der Waals surface area contributed by atoms with Crippen molar-refractivity contribution in [2.24, 2.45) is 0 Å². The van der Waals surface area contributed by atoms with Gasteiger partial charge >= 0.3 is 333 Å². The number of hydrogen-bond acceptors (Lipinski definition) is 0. The Balaban J connectivity index is 5.07. The predicted octanol–water partition coefficient (Wildman–Crippen LogP) is 22.7. The molecule has 0 aromatic heterocycles. The van der Waals surface area contributed by atoms with Crippen LogP contribution in [0.15, 0.2) is 0 Å². The van der Waals surface area contributed by atoms with E-state index in [0.717, 1.165) is 0 Å². The molecule has 0 rings (SSSR count). The first-order valence-corrected chi connectivity index (χ1v) is 34.0. The van der Waals surface area contributed by atoms with Crippen molar-refractivity contribution in [1.29, 1.82) is 0 Å². The molecule has 0 aromatic rings. The standard InChI is InChI=1S/C56H116IP/c1-5-9-13-17-21-25-29-33-37-41-45-49-53-58(57,54-50-46-42-38-34-30-26-22-18-14-10-6-2,55-51-47-43-39-35-31-27-23-19-15-11-7-3)56-52-48-44-40-36-32-28-24-20-16-12-8-4/h5-56H2,1-4H3. The molecule has 2 heteroatoms. The maximum atomic E-state index is 3.31. The minimum absolute atomic E-state index is 1.37. The predicted molar refractivity (Wildman–Crippen MR) is 285 cm³/mol. The van der Waals surface area contributed by atoms with Crippen molar-refractivity contribution >= 4 is 26.3 Å². The summed E-state index contributed by atoms with van der Waals surface area (Å²) in [4.78, 5) is 0. The summed E-state index contributed by atoms with van der Waals surface area (Å²) in [6.45, 7) is 9.35. The van der Waals surface area contributed by atoms with Gasteiger partial charge in [-0.3, -0.25) is 0 Å². The van der Waals surface area contributed by atoms with Gasteiger partial charge in [-0.2, -0.15) is 0 Å². The first-order chi connectivity index (χ1) is 28.5. The van der Waals surface area contributed by atoms with Crippen molar-refractivity contribution < 1.29 is 0 Å². The van der Waals surface area contributed by atoms with Gasteiger partial charge < -0.3 is 0 Å². The van der Waals surface area contributed by atoms with Gasteiger partial charge in [0.1, 0.15) is 0 Å². The van der Waals surface area contributed by atoms with Gasteiger partial charge in [-0.25, -0.2) is 0 Å². The summed E-state index contributed by atoms with van der Waals surface area (Å²) >= 11 is 3.31. The molecule has 0 saturated carbocycles. The fraction of sp³-hybridized carbons (Fsp3) is 1.00. The number of halogens is 1. The summed E-state index contributed by atoms with van der Waals surface area (Å²) in [6, 6.07) is 0. The van der Waals surface area contributed by atoms with Crippen LogP contribution < -0.4 is 0 Å². The summed E-state index contributed by atoms with van der Waals surface area (Å²) < 4.78 is -1.72. The molecule has 0 radical (unpaired) electrons. The Morgan fingerprint density at radius 2 is 0.276 bits per heavy atom. The third kappa shape index (κ3) is 42.5. The van der Waals surface area contributed by atoms with Crippen molar-refractivity contribution in [2.75, 3.05) is 24.6 Å². The summed E-state index contributed by atoms with van der Waals surface area (Å²) in [5.41, 5.74) is 0. The third-order valence-corrected chi connectivity index (χ3v) is 25.8. The van der Waals surface area contributed by atoms with Crippen LogP contribution in [-0.2, 0) is 0 Å². The molecule has 352 valence electrons. The van der Waals surface area contributed by atoms with Crippen molar-refractivity contribution in [3.05, 3.63) is 0 Å². The second-order valence-corrected chi connectivity index (χ2v) is 33.9. The van der Waals surface area contributed by atoms with Crippen LogP contribution in [-0.4, -0.2) is 24.6 Å². The van der Waals surface area contributed by atoms with Gasteiger partial charge in [0.05, 0.1) is 0 Å². The van der Waals surface area contributed by atoms with Gasteiger partial charge in [-0.1, -0.05) is 53.4 Å². The van der Waals surface area contributed by atoms with Crippen molar-refractivity contribution in [2.45, 2.75) is 336 Å². The van der Waals surface area contributed by atoms with Crippen LogP contribution in [0.5, 0.6) is 0 Å². The molecule has 58 heavy (non-hydrogen) atoms. The molecule has 0 fully saturated rings. The monoisotopic (exact) mass is 947 g/mol. The Morgan fingerprint density at radius 1 is 0.172 bits per heavy atom. The fourth-order valence-corrected chi connectivity index (χ4v) is 19.6. The van der Waals surface area contributed by atoms with Crippen molar-refractivity contribution in [3.63, 3.8) is 0 Å². The van der Waals surface area contributed by atoms with Crippen LogP contribution in [0.25, 0.3) is 0 Å². The van der Waals surface area contributed by atoms with Gasteiger partial charge in [0, 0.05) is 0 Å². The Hall–Kier alpha value is 1.16. The SMILES string of the molecule is CCCCCCCCCCCCCCP(I)(CCCCCCCCCCCCCC)(CCCCCCCCCCCCCC)CCCCCCCCCCCCCC. The van der Waals surface area contributed by atoms with Gasteiger partial charge in [-0.05, 0) is 0 Å². The quantitative estimate of drug-likeness (QED) is 0.0324. The van der Waals surface area contributed by atoms with Gasteiger partial charge in [0.2, 0.25) is 0 Å². The van der Waals surface area contributed by atoms with Crippen LogP contribution in [0.1, 0.15) is 336 Å². The first-order valence-electron chi connectivity index (χ1n) is 28.3. The molecular weight excluding hydrogens is 830 g/mol.